The molecule has 1 fully saturated rings. The summed E-state index contributed by atoms with van der Waals surface area (Å²) in [6, 6.07) is 5.76. The molecule has 0 saturated heterocycles. The number of rotatable bonds is 8. The van der Waals surface area contributed by atoms with Crippen LogP contribution in [0.1, 0.15) is 18.5 Å². The molecule has 1 saturated carbocycles. The molecule has 9 heteroatoms. The first-order valence-electron chi connectivity index (χ1n) is 8.30. The van der Waals surface area contributed by atoms with E-state index in [1.54, 1.807) is 14.2 Å². The number of thiazole rings is 1. The molecule has 0 bridgehead atoms. The third-order valence-corrected chi connectivity index (χ3v) is 5.26. The van der Waals surface area contributed by atoms with Crippen LogP contribution in [-0.2, 0) is 11.2 Å². The smallest absolute Gasteiger partial charge is 0.226 e. The van der Waals surface area contributed by atoms with Gasteiger partial charge in [-0.25, -0.2) is 4.98 Å². The maximum Gasteiger partial charge on any atom is 0.226 e. The van der Waals surface area contributed by atoms with E-state index in [1.807, 2.05) is 23.6 Å². The molecule has 1 atom stereocenters. The van der Waals surface area contributed by atoms with E-state index in [9.17, 15) is 4.79 Å². The summed E-state index contributed by atoms with van der Waals surface area (Å²) in [5, 5.41) is 5.79. The van der Waals surface area contributed by atoms with Crippen molar-refractivity contribution in [2.24, 2.45) is 11.7 Å². The summed E-state index contributed by atoms with van der Waals surface area (Å²) in [5.74, 6) is 1.86. The number of ether oxygens (including phenoxy) is 2. The highest BCUT2D eigenvalue weighted by Crippen LogP contribution is 2.34. The highest BCUT2D eigenvalue weighted by Gasteiger charge is 2.31. The van der Waals surface area contributed by atoms with Crippen molar-refractivity contribution in [1.82, 2.24) is 10.3 Å². The molecule has 3 N–H and O–H groups in total. The van der Waals surface area contributed by atoms with Gasteiger partial charge in [-0.3, -0.25) is 4.79 Å². The zero-order chi connectivity index (χ0) is 17.8. The standard InChI is InChI=1S/C18H23N3O3S.2ClH/c1-23-15-6-5-12(7-16(15)24-2)18-20-13(10-25-18)8-17(22)21-14(9-19)11-3-4-11;;/h5-7,10-11,14H,3-4,8-9,19H2,1-2H3,(H,21,22);2*1H. The van der Waals surface area contributed by atoms with Gasteiger partial charge in [0.25, 0.3) is 0 Å². The Morgan fingerprint density at radius 2 is 2.00 bits per heavy atom. The number of nitrogens with one attached hydrogen (secondary N) is 1. The van der Waals surface area contributed by atoms with Gasteiger partial charge in [-0.15, -0.1) is 36.2 Å². The Labute approximate surface area is 175 Å². The number of hydrogen-bond donors (Lipinski definition) is 2. The lowest BCUT2D eigenvalue weighted by atomic mass is 10.2. The van der Waals surface area contributed by atoms with Gasteiger partial charge in [0.1, 0.15) is 5.01 Å². The molecule has 150 valence electrons. The zero-order valence-corrected chi connectivity index (χ0v) is 17.7. The Kier molecular flexibility index (Phi) is 9.32. The first-order chi connectivity index (χ1) is 12.1. The van der Waals surface area contributed by atoms with Gasteiger partial charge in [0.05, 0.1) is 26.3 Å². The number of aromatic nitrogens is 1. The van der Waals surface area contributed by atoms with Crippen LogP contribution in [0, 0.1) is 5.92 Å². The minimum atomic E-state index is -0.0217. The van der Waals surface area contributed by atoms with Crippen molar-refractivity contribution in [2.45, 2.75) is 25.3 Å². The molecular formula is C18H25Cl2N3O3S. The normalized spacial score (nSPS) is 13.7. The minimum Gasteiger partial charge on any atom is -0.493 e. The highest BCUT2D eigenvalue weighted by atomic mass is 35.5. The summed E-state index contributed by atoms with van der Waals surface area (Å²) < 4.78 is 10.6. The fourth-order valence-corrected chi connectivity index (χ4v) is 3.60. The topological polar surface area (TPSA) is 86.5 Å². The number of methoxy groups -OCH3 is 2. The fourth-order valence-electron chi connectivity index (χ4n) is 2.78. The van der Waals surface area contributed by atoms with Crippen molar-refractivity contribution in [3.63, 3.8) is 0 Å². The third kappa shape index (κ3) is 5.97. The molecule has 1 aliphatic carbocycles. The molecule has 6 nitrogen and oxygen atoms in total. The number of benzene rings is 1. The molecule has 0 radical (unpaired) electrons. The molecule has 1 unspecified atom stereocenters. The lowest BCUT2D eigenvalue weighted by Gasteiger charge is -2.15. The summed E-state index contributed by atoms with van der Waals surface area (Å²) >= 11 is 1.51. The van der Waals surface area contributed by atoms with Crippen molar-refractivity contribution in [1.29, 1.82) is 0 Å². The van der Waals surface area contributed by atoms with Crippen LogP contribution in [0.5, 0.6) is 11.5 Å². The van der Waals surface area contributed by atoms with Crippen LogP contribution in [0.15, 0.2) is 23.6 Å². The summed E-state index contributed by atoms with van der Waals surface area (Å²) in [5.41, 5.74) is 7.44. The van der Waals surface area contributed by atoms with Gasteiger partial charge in [0, 0.05) is 23.5 Å². The molecule has 2 aromatic rings. The predicted molar refractivity (Wildman–Crippen MR) is 113 cm³/mol. The number of carbonyl (C=O) groups is 1. The van der Waals surface area contributed by atoms with Crippen molar-refractivity contribution in [3.05, 3.63) is 29.3 Å². The lowest BCUT2D eigenvalue weighted by molar-refractivity contribution is -0.121. The second-order valence-corrected chi connectivity index (χ2v) is 7.00. The zero-order valence-electron chi connectivity index (χ0n) is 15.3. The van der Waals surface area contributed by atoms with Crippen molar-refractivity contribution < 1.29 is 14.3 Å². The Hall–Kier alpha value is -1.54. The fraction of sp³-hybridized carbons (Fsp3) is 0.444. The van der Waals surface area contributed by atoms with Crippen molar-refractivity contribution >= 4 is 42.1 Å². The second-order valence-electron chi connectivity index (χ2n) is 6.14. The number of hydrogen-bond acceptors (Lipinski definition) is 6. The summed E-state index contributed by atoms with van der Waals surface area (Å²) in [6.07, 6.45) is 2.58. The van der Waals surface area contributed by atoms with E-state index in [4.69, 9.17) is 15.2 Å². The van der Waals surface area contributed by atoms with Crippen LogP contribution < -0.4 is 20.5 Å². The molecule has 1 aliphatic rings. The summed E-state index contributed by atoms with van der Waals surface area (Å²) in [7, 11) is 3.21. The molecule has 1 amide bonds. The lowest BCUT2D eigenvalue weighted by Crippen LogP contribution is -2.42. The molecule has 0 spiro atoms. The number of carbonyl (C=O) groups excluding carboxylic acids is 1. The van der Waals surface area contributed by atoms with Crippen LogP contribution in [0.25, 0.3) is 10.6 Å². The number of nitrogens with two attached hydrogens (primary N) is 1. The average molecular weight is 434 g/mol. The third-order valence-electron chi connectivity index (χ3n) is 4.32. The first kappa shape index (κ1) is 23.5. The monoisotopic (exact) mass is 433 g/mol. The van der Waals surface area contributed by atoms with Gasteiger partial charge in [-0.1, -0.05) is 0 Å². The van der Waals surface area contributed by atoms with Crippen molar-refractivity contribution in [3.8, 4) is 22.1 Å². The summed E-state index contributed by atoms with van der Waals surface area (Å²) in [6.45, 7) is 0.490. The van der Waals surface area contributed by atoms with Gasteiger partial charge in [-0.05, 0) is 37.0 Å². The Morgan fingerprint density at radius 1 is 1.30 bits per heavy atom. The maximum absolute atomic E-state index is 12.2. The van der Waals surface area contributed by atoms with Gasteiger partial charge >= 0.3 is 0 Å². The predicted octanol–water partition coefficient (Wildman–Crippen LogP) is 3.07. The van der Waals surface area contributed by atoms with Crippen LogP contribution in [0.4, 0.5) is 0 Å². The molecule has 1 heterocycles. The largest absolute Gasteiger partial charge is 0.493 e. The molecule has 27 heavy (non-hydrogen) atoms. The highest BCUT2D eigenvalue weighted by molar-refractivity contribution is 7.13. The molecule has 3 rings (SSSR count). The van der Waals surface area contributed by atoms with Crippen LogP contribution in [0.3, 0.4) is 0 Å². The van der Waals surface area contributed by atoms with E-state index < -0.39 is 0 Å². The van der Waals surface area contributed by atoms with Gasteiger partial charge in [-0.2, -0.15) is 0 Å². The number of nitrogens with zero attached hydrogens (tertiary/aromatic N) is 1. The average Bonchev–Trinajstić information content (AvgIpc) is 3.38. The van der Waals surface area contributed by atoms with Crippen molar-refractivity contribution in [2.75, 3.05) is 20.8 Å². The quantitative estimate of drug-likeness (QED) is 0.667. The number of halogens is 2. The van der Waals surface area contributed by atoms with Crippen LogP contribution >= 0.6 is 36.2 Å². The SMILES string of the molecule is COc1ccc(-c2nc(CC(=O)NC(CN)C3CC3)cs2)cc1OC.Cl.Cl. The van der Waals surface area contributed by atoms with E-state index in [1.165, 1.54) is 11.3 Å². The van der Waals surface area contributed by atoms with E-state index in [0.29, 0.717) is 24.0 Å². The van der Waals surface area contributed by atoms with Crippen LogP contribution in [-0.4, -0.2) is 37.7 Å². The molecule has 0 aliphatic heterocycles. The van der Waals surface area contributed by atoms with E-state index in [0.717, 1.165) is 29.1 Å². The van der Waals surface area contributed by atoms with E-state index >= 15 is 0 Å². The maximum atomic E-state index is 12.2. The molecule has 1 aromatic carbocycles. The second kappa shape index (κ2) is 10.7. The Morgan fingerprint density at radius 3 is 2.59 bits per heavy atom. The van der Waals surface area contributed by atoms with Gasteiger partial charge in [0.15, 0.2) is 11.5 Å². The first-order valence-corrected chi connectivity index (χ1v) is 9.18. The summed E-state index contributed by atoms with van der Waals surface area (Å²) in [4.78, 5) is 16.8. The van der Waals surface area contributed by atoms with E-state index in [-0.39, 0.29) is 43.2 Å². The Balaban J connectivity index is 0.00000182. The number of amides is 1. The minimum absolute atomic E-state index is 0. The molecule has 1 aromatic heterocycles. The Bertz CT molecular complexity index is 753. The van der Waals surface area contributed by atoms with Gasteiger partial charge < -0.3 is 20.5 Å². The molecular weight excluding hydrogens is 409 g/mol. The van der Waals surface area contributed by atoms with E-state index in [2.05, 4.69) is 10.3 Å². The van der Waals surface area contributed by atoms with Crippen LogP contribution in [0.2, 0.25) is 0 Å². The van der Waals surface area contributed by atoms with Gasteiger partial charge in [0.2, 0.25) is 5.91 Å².